The molecule has 2 aromatic heterocycles. The molecule has 1 amide bonds. The molecule has 5 aromatic rings. The predicted molar refractivity (Wildman–Crippen MR) is 172 cm³/mol. The van der Waals surface area contributed by atoms with Crippen LogP contribution in [0.1, 0.15) is 33.5 Å². The first-order chi connectivity index (χ1) is 23.1. The van der Waals surface area contributed by atoms with E-state index in [9.17, 15) is 32.3 Å². The Kier molecular flexibility index (Phi) is 9.33. The van der Waals surface area contributed by atoms with Crippen molar-refractivity contribution in [1.29, 1.82) is 0 Å². The summed E-state index contributed by atoms with van der Waals surface area (Å²) in [7, 11) is 0. The zero-order valence-electron chi connectivity index (χ0n) is 25.7. The van der Waals surface area contributed by atoms with Crippen LogP contribution < -0.4 is 10.5 Å². The minimum Gasteiger partial charge on any atom is -0.368 e. The lowest BCUT2D eigenvalue weighted by Crippen LogP contribution is -2.51. The van der Waals surface area contributed by atoms with Crippen LogP contribution in [0.5, 0.6) is 0 Å². The first-order valence-electron chi connectivity index (χ1n) is 15.3. The number of pyridine rings is 1. The highest BCUT2D eigenvalue weighted by atomic mass is 19.1. The minimum absolute atomic E-state index is 0.0599. The van der Waals surface area contributed by atoms with Crippen LogP contribution in [0.2, 0.25) is 0 Å². The third-order valence-electron chi connectivity index (χ3n) is 8.18. The SMILES string of the molecule is O=C(CC(=O)c1cc(Cc2cc(F)cc(F)c2)cn(Cc2ccccc2F)c1=O)C(=O)N1CCN(c2ccc(-n3cccn3)cc2)CC1. The number of nitrogens with zero attached hydrogens (tertiary/aromatic N) is 5. The van der Waals surface area contributed by atoms with Gasteiger partial charge in [-0.15, -0.1) is 0 Å². The van der Waals surface area contributed by atoms with Gasteiger partial charge in [-0.3, -0.25) is 19.2 Å². The second kappa shape index (κ2) is 13.9. The molecular formula is C36H30F3N5O4. The molecule has 0 aliphatic carbocycles. The number of rotatable bonds is 10. The molecule has 0 saturated carbocycles. The number of ketones is 2. The lowest BCUT2D eigenvalue weighted by molar-refractivity contribution is -0.144. The molecule has 244 valence electrons. The first kappa shape index (κ1) is 32.2. The van der Waals surface area contributed by atoms with Crippen LogP contribution in [0.3, 0.4) is 0 Å². The third kappa shape index (κ3) is 7.27. The number of anilines is 1. The van der Waals surface area contributed by atoms with Gasteiger partial charge in [-0.1, -0.05) is 18.2 Å². The molecule has 0 N–H and O–H groups in total. The van der Waals surface area contributed by atoms with Crippen molar-refractivity contribution in [2.45, 2.75) is 19.4 Å². The monoisotopic (exact) mass is 653 g/mol. The summed E-state index contributed by atoms with van der Waals surface area (Å²) >= 11 is 0. The van der Waals surface area contributed by atoms with E-state index in [4.69, 9.17) is 0 Å². The molecular weight excluding hydrogens is 623 g/mol. The zero-order valence-corrected chi connectivity index (χ0v) is 25.7. The maximum absolute atomic E-state index is 14.5. The quantitative estimate of drug-likeness (QED) is 0.124. The molecule has 1 aliphatic rings. The van der Waals surface area contributed by atoms with Gasteiger partial charge in [0.1, 0.15) is 17.5 Å². The Balaban J connectivity index is 1.15. The van der Waals surface area contributed by atoms with Gasteiger partial charge in [-0.05, 0) is 72.1 Å². The van der Waals surface area contributed by atoms with Crippen LogP contribution in [-0.2, 0) is 22.6 Å². The number of hydrogen-bond acceptors (Lipinski definition) is 6. The van der Waals surface area contributed by atoms with Crippen LogP contribution in [0.15, 0.2) is 102 Å². The van der Waals surface area contributed by atoms with Crippen LogP contribution in [0, 0.1) is 17.5 Å². The Morgan fingerprint density at radius 2 is 1.46 bits per heavy atom. The fourth-order valence-corrected chi connectivity index (χ4v) is 5.77. The summed E-state index contributed by atoms with van der Waals surface area (Å²) in [5, 5.41) is 4.22. The average Bonchev–Trinajstić information content (AvgIpc) is 3.62. The topological polar surface area (TPSA) is 97.5 Å². The summed E-state index contributed by atoms with van der Waals surface area (Å²) in [4.78, 5) is 56.4. The van der Waals surface area contributed by atoms with Gasteiger partial charge in [-0.2, -0.15) is 5.10 Å². The number of piperazine rings is 1. The number of carbonyl (C=O) groups is 3. The van der Waals surface area contributed by atoms with Gasteiger partial charge in [0, 0.05) is 62.1 Å². The first-order valence-corrected chi connectivity index (χ1v) is 15.3. The van der Waals surface area contributed by atoms with Crippen LogP contribution in [0.25, 0.3) is 5.69 Å². The highest BCUT2D eigenvalue weighted by Gasteiger charge is 2.29. The van der Waals surface area contributed by atoms with Gasteiger partial charge < -0.3 is 14.4 Å². The summed E-state index contributed by atoms with van der Waals surface area (Å²) < 4.78 is 45.1. The van der Waals surface area contributed by atoms with E-state index in [1.165, 1.54) is 35.4 Å². The summed E-state index contributed by atoms with van der Waals surface area (Å²) in [5.41, 5.74) is 1.42. The summed E-state index contributed by atoms with van der Waals surface area (Å²) in [6.45, 7) is 1.22. The Hall–Kier alpha value is -5.78. The van der Waals surface area contributed by atoms with E-state index in [0.717, 1.165) is 34.1 Å². The smallest absolute Gasteiger partial charge is 0.290 e. The normalized spacial score (nSPS) is 13.1. The molecule has 48 heavy (non-hydrogen) atoms. The van der Waals surface area contributed by atoms with Crippen molar-refractivity contribution in [2.24, 2.45) is 0 Å². The maximum atomic E-state index is 14.5. The zero-order chi connectivity index (χ0) is 33.8. The molecule has 0 radical (unpaired) electrons. The fourth-order valence-electron chi connectivity index (χ4n) is 5.77. The van der Waals surface area contributed by atoms with E-state index >= 15 is 0 Å². The highest BCUT2D eigenvalue weighted by Crippen LogP contribution is 2.20. The number of aromatic nitrogens is 3. The van der Waals surface area contributed by atoms with E-state index in [0.29, 0.717) is 18.7 Å². The van der Waals surface area contributed by atoms with Crippen molar-refractivity contribution in [1.82, 2.24) is 19.2 Å². The van der Waals surface area contributed by atoms with Gasteiger partial charge in [0.25, 0.3) is 11.5 Å². The fraction of sp³-hybridized carbons (Fsp3) is 0.194. The van der Waals surface area contributed by atoms with Crippen molar-refractivity contribution in [2.75, 3.05) is 31.1 Å². The Labute approximate surface area is 273 Å². The van der Waals surface area contributed by atoms with E-state index < -0.39 is 46.9 Å². The van der Waals surface area contributed by atoms with Gasteiger partial charge in [0.2, 0.25) is 5.78 Å². The van der Waals surface area contributed by atoms with Crippen molar-refractivity contribution >= 4 is 23.2 Å². The Bertz CT molecular complexity index is 2020. The summed E-state index contributed by atoms with van der Waals surface area (Å²) in [6.07, 6.45) is 4.01. The lowest BCUT2D eigenvalue weighted by Gasteiger charge is -2.35. The largest absolute Gasteiger partial charge is 0.368 e. The van der Waals surface area contributed by atoms with Gasteiger partial charge in [-0.25, -0.2) is 17.9 Å². The second-order valence-electron chi connectivity index (χ2n) is 11.5. The van der Waals surface area contributed by atoms with Crippen LogP contribution in [0.4, 0.5) is 18.9 Å². The average molecular weight is 654 g/mol. The number of amides is 1. The van der Waals surface area contributed by atoms with E-state index in [-0.39, 0.29) is 42.7 Å². The summed E-state index contributed by atoms with van der Waals surface area (Å²) in [5.74, 6) is -4.83. The molecule has 1 fully saturated rings. The number of benzene rings is 3. The van der Waals surface area contributed by atoms with E-state index in [1.54, 1.807) is 16.9 Å². The maximum Gasteiger partial charge on any atom is 0.290 e. The van der Waals surface area contributed by atoms with Crippen molar-refractivity contribution < 1.29 is 27.6 Å². The van der Waals surface area contributed by atoms with Crippen molar-refractivity contribution in [3.8, 4) is 5.69 Å². The van der Waals surface area contributed by atoms with E-state index in [2.05, 4.69) is 10.00 Å². The molecule has 9 nitrogen and oxygen atoms in total. The third-order valence-corrected chi connectivity index (χ3v) is 8.18. The summed E-state index contributed by atoms with van der Waals surface area (Å²) in [6, 6.07) is 19.6. The Morgan fingerprint density at radius 1 is 0.771 bits per heavy atom. The molecule has 0 unspecified atom stereocenters. The highest BCUT2D eigenvalue weighted by molar-refractivity contribution is 6.40. The number of halogens is 3. The lowest BCUT2D eigenvalue weighted by atomic mass is 10.0. The standard InChI is InChI=1S/C36H30F3N5O4/c37-27-17-24(18-28(38)20-27)16-25-19-31(35(47)43(22-25)23-26-4-1-2-5-32(26)39)33(45)21-34(46)36(48)42-14-12-41(13-15-42)29-6-8-30(9-7-29)44-11-3-10-40-44/h1-11,17-20,22H,12-16,21,23H2. The van der Waals surface area contributed by atoms with Crippen molar-refractivity contribution in [3.05, 3.63) is 148 Å². The molecule has 12 heteroatoms. The molecule has 0 bridgehead atoms. The molecule has 0 spiro atoms. The molecule has 3 aromatic carbocycles. The molecule has 1 saturated heterocycles. The van der Waals surface area contributed by atoms with Crippen molar-refractivity contribution in [3.63, 3.8) is 0 Å². The van der Waals surface area contributed by atoms with Crippen LogP contribution in [-0.4, -0.2) is 62.9 Å². The molecule has 1 aliphatic heterocycles. The molecule has 6 rings (SSSR count). The second-order valence-corrected chi connectivity index (χ2v) is 11.5. The molecule has 3 heterocycles. The Morgan fingerprint density at radius 3 is 2.12 bits per heavy atom. The van der Waals surface area contributed by atoms with Gasteiger partial charge >= 0.3 is 0 Å². The van der Waals surface area contributed by atoms with Crippen LogP contribution >= 0.6 is 0 Å². The minimum atomic E-state index is -0.963. The number of carbonyl (C=O) groups excluding carboxylic acids is 3. The van der Waals surface area contributed by atoms with Gasteiger partial charge in [0.15, 0.2) is 5.78 Å². The number of Topliss-reactive ketones (excluding diaryl/α,β-unsaturated/α-hetero) is 2. The molecule has 0 atom stereocenters. The predicted octanol–water partition coefficient (Wildman–Crippen LogP) is 4.58. The number of hydrogen-bond donors (Lipinski definition) is 0. The van der Waals surface area contributed by atoms with E-state index in [1.807, 2.05) is 36.5 Å². The van der Waals surface area contributed by atoms with Gasteiger partial charge in [0.05, 0.1) is 24.2 Å².